The minimum absolute atomic E-state index is 0.0170. The normalized spacial score (nSPS) is 16.3. The van der Waals surface area contributed by atoms with Crippen molar-refractivity contribution in [1.29, 1.82) is 0 Å². The lowest BCUT2D eigenvalue weighted by Gasteiger charge is -2.25. The minimum Gasteiger partial charge on any atom is -0.376 e. The summed E-state index contributed by atoms with van der Waals surface area (Å²) < 4.78 is 32.8. The van der Waals surface area contributed by atoms with E-state index in [0.29, 0.717) is 23.6 Å². The molecule has 3 aromatic rings. The SMILES string of the molecule is O=C(c1cc(F)cc(F)c1)N(Cc1nc2ccccc2c(=O)[nH]1)C[C@H]1CCCO1. The van der Waals surface area contributed by atoms with Gasteiger partial charge in [-0.05, 0) is 37.1 Å². The highest BCUT2D eigenvalue weighted by Crippen LogP contribution is 2.18. The maximum absolute atomic E-state index is 13.6. The highest BCUT2D eigenvalue weighted by molar-refractivity contribution is 5.94. The molecule has 1 amide bonds. The lowest BCUT2D eigenvalue weighted by atomic mass is 10.1. The molecule has 29 heavy (non-hydrogen) atoms. The Morgan fingerprint density at radius 1 is 1.21 bits per heavy atom. The molecule has 1 aliphatic heterocycles. The molecule has 1 saturated heterocycles. The van der Waals surface area contributed by atoms with Crippen molar-refractivity contribution in [3.8, 4) is 0 Å². The number of amides is 1. The van der Waals surface area contributed by atoms with Crippen LogP contribution in [0.15, 0.2) is 47.3 Å². The van der Waals surface area contributed by atoms with Crippen molar-refractivity contribution in [2.45, 2.75) is 25.5 Å². The predicted octanol–water partition coefficient (Wildman–Crippen LogP) is 3.02. The first-order chi connectivity index (χ1) is 14.0. The minimum atomic E-state index is -0.831. The van der Waals surface area contributed by atoms with Crippen LogP contribution < -0.4 is 5.56 Å². The molecule has 6 nitrogen and oxygen atoms in total. The van der Waals surface area contributed by atoms with E-state index in [2.05, 4.69) is 9.97 Å². The molecule has 1 atom stereocenters. The van der Waals surface area contributed by atoms with Gasteiger partial charge in [0.1, 0.15) is 17.5 Å². The maximum atomic E-state index is 13.6. The summed E-state index contributed by atoms with van der Waals surface area (Å²) in [6.07, 6.45) is 1.49. The fraction of sp³-hybridized carbons (Fsp3) is 0.286. The van der Waals surface area contributed by atoms with E-state index in [1.54, 1.807) is 24.3 Å². The maximum Gasteiger partial charge on any atom is 0.258 e. The molecule has 4 rings (SSSR count). The average Bonchev–Trinajstić information content (AvgIpc) is 3.19. The van der Waals surface area contributed by atoms with Crippen LogP contribution in [0.4, 0.5) is 8.78 Å². The molecule has 8 heteroatoms. The van der Waals surface area contributed by atoms with Crippen molar-refractivity contribution in [3.05, 3.63) is 75.8 Å². The zero-order valence-corrected chi connectivity index (χ0v) is 15.5. The van der Waals surface area contributed by atoms with Crippen LogP contribution in [0.1, 0.15) is 29.0 Å². The van der Waals surface area contributed by atoms with Gasteiger partial charge < -0.3 is 14.6 Å². The first kappa shape index (κ1) is 19.2. The molecule has 0 bridgehead atoms. The number of fused-ring (bicyclic) bond motifs is 1. The number of carbonyl (C=O) groups excluding carboxylic acids is 1. The van der Waals surface area contributed by atoms with Crippen LogP contribution in [0.3, 0.4) is 0 Å². The van der Waals surface area contributed by atoms with E-state index in [4.69, 9.17) is 4.74 Å². The Kier molecular flexibility index (Phi) is 5.35. The lowest BCUT2D eigenvalue weighted by Crippen LogP contribution is -2.38. The third-order valence-corrected chi connectivity index (χ3v) is 4.85. The van der Waals surface area contributed by atoms with Crippen LogP contribution in [0, 0.1) is 11.6 Å². The summed E-state index contributed by atoms with van der Waals surface area (Å²) in [5, 5.41) is 0.445. The average molecular weight is 399 g/mol. The number of hydrogen-bond acceptors (Lipinski definition) is 4. The summed E-state index contributed by atoms with van der Waals surface area (Å²) >= 11 is 0. The molecule has 2 heterocycles. The number of aromatic nitrogens is 2. The highest BCUT2D eigenvalue weighted by atomic mass is 19.1. The molecule has 0 aliphatic carbocycles. The number of ether oxygens (including phenoxy) is 1. The monoisotopic (exact) mass is 399 g/mol. The van der Waals surface area contributed by atoms with Gasteiger partial charge in [-0.3, -0.25) is 9.59 Å². The molecule has 150 valence electrons. The second-order valence-electron chi connectivity index (χ2n) is 7.01. The molecule has 2 aromatic carbocycles. The van der Waals surface area contributed by atoms with Crippen molar-refractivity contribution >= 4 is 16.8 Å². The van der Waals surface area contributed by atoms with E-state index in [-0.39, 0.29) is 36.1 Å². The van der Waals surface area contributed by atoms with Gasteiger partial charge in [0.05, 0.1) is 23.6 Å². The fourth-order valence-corrected chi connectivity index (χ4v) is 3.50. The van der Waals surface area contributed by atoms with Gasteiger partial charge in [0.25, 0.3) is 11.5 Å². The largest absolute Gasteiger partial charge is 0.376 e. The zero-order chi connectivity index (χ0) is 20.4. The number of nitrogens with zero attached hydrogens (tertiary/aromatic N) is 2. The van der Waals surface area contributed by atoms with E-state index in [9.17, 15) is 18.4 Å². The van der Waals surface area contributed by atoms with Gasteiger partial charge >= 0.3 is 0 Å². The van der Waals surface area contributed by atoms with Crippen molar-refractivity contribution in [3.63, 3.8) is 0 Å². The molecule has 1 aromatic heterocycles. The first-order valence-corrected chi connectivity index (χ1v) is 9.34. The van der Waals surface area contributed by atoms with Gasteiger partial charge in [-0.15, -0.1) is 0 Å². The Bertz CT molecular complexity index is 1090. The number of benzene rings is 2. The van der Waals surface area contributed by atoms with Gasteiger partial charge in [0.2, 0.25) is 0 Å². The molecule has 0 radical (unpaired) electrons. The van der Waals surface area contributed by atoms with Gasteiger partial charge in [-0.2, -0.15) is 0 Å². The van der Waals surface area contributed by atoms with Crippen molar-refractivity contribution in [2.24, 2.45) is 0 Å². The summed E-state index contributed by atoms with van der Waals surface area (Å²) in [7, 11) is 0. The predicted molar refractivity (Wildman–Crippen MR) is 102 cm³/mol. The highest BCUT2D eigenvalue weighted by Gasteiger charge is 2.25. The van der Waals surface area contributed by atoms with Crippen LogP contribution in [0.2, 0.25) is 0 Å². The van der Waals surface area contributed by atoms with Crippen molar-refractivity contribution in [2.75, 3.05) is 13.2 Å². The Labute approximate surface area is 165 Å². The summed E-state index contributed by atoms with van der Waals surface area (Å²) in [6, 6.07) is 9.57. The van der Waals surface area contributed by atoms with E-state index < -0.39 is 17.5 Å². The Morgan fingerprint density at radius 2 is 1.97 bits per heavy atom. The molecular weight excluding hydrogens is 380 g/mol. The van der Waals surface area contributed by atoms with Crippen LogP contribution in [-0.2, 0) is 11.3 Å². The summed E-state index contributed by atoms with van der Waals surface area (Å²) in [5.41, 5.74) is 0.0862. The van der Waals surface area contributed by atoms with Gasteiger partial charge in [0.15, 0.2) is 0 Å². The van der Waals surface area contributed by atoms with Crippen LogP contribution >= 0.6 is 0 Å². The smallest absolute Gasteiger partial charge is 0.258 e. The zero-order valence-electron chi connectivity index (χ0n) is 15.5. The van der Waals surface area contributed by atoms with E-state index in [1.807, 2.05) is 0 Å². The number of rotatable bonds is 5. The number of para-hydroxylation sites is 1. The quantitative estimate of drug-likeness (QED) is 0.716. The molecule has 1 N–H and O–H groups in total. The Morgan fingerprint density at radius 3 is 2.69 bits per heavy atom. The van der Waals surface area contributed by atoms with Crippen LogP contribution in [0.25, 0.3) is 10.9 Å². The first-order valence-electron chi connectivity index (χ1n) is 9.34. The number of carbonyl (C=O) groups is 1. The Balaban J connectivity index is 1.66. The number of nitrogens with one attached hydrogen (secondary N) is 1. The Hall–Kier alpha value is -3.13. The number of aromatic amines is 1. The number of halogens is 2. The van der Waals surface area contributed by atoms with E-state index >= 15 is 0 Å². The second kappa shape index (κ2) is 8.08. The summed E-state index contributed by atoms with van der Waals surface area (Å²) in [6.45, 7) is 0.816. The van der Waals surface area contributed by atoms with Gasteiger partial charge in [-0.1, -0.05) is 12.1 Å². The topological polar surface area (TPSA) is 75.3 Å². The van der Waals surface area contributed by atoms with Gasteiger partial charge in [0, 0.05) is 24.8 Å². The van der Waals surface area contributed by atoms with Crippen LogP contribution in [-0.4, -0.2) is 40.0 Å². The molecule has 0 saturated carbocycles. The third-order valence-electron chi connectivity index (χ3n) is 4.85. The van der Waals surface area contributed by atoms with E-state index in [0.717, 1.165) is 25.0 Å². The van der Waals surface area contributed by atoms with Crippen LogP contribution in [0.5, 0.6) is 0 Å². The van der Waals surface area contributed by atoms with Crippen molar-refractivity contribution < 1.29 is 18.3 Å². The third kappa shape index (κ3) is 4.32. The van der Waals surface area contributed by atoms with Crippen molar-refractivity contribution in [1.82, 2.24) is 14.9 Å². The molecule has 1 aliphatic rings. The van der Waals surface area contributed by atoms with Gasteiger partial charge in [-0.25, -0.2) is 13.8 Å². The number of H-pyrrole nitrogens is 1. The molecule has 0 spiro atoms. The lowest BCUT2D eigenvalue weighted by molar-refractivity contribution is 0.0500. The second-order valence-corrected chi connectivity index (χ2v) is 7.01. The standard InChI is InChI=1S/C21H19F2N3O3/c22-14-8-13(9-15(23)10-14)21(28)26(11-16-4-3-7-29-16)12-19-24-18-6-2-1-5-17(18)20(27)25-19/h1-2,5-6,8-10,16H,3-4,7,11-12H2,(H,24,25,27)/t16-/m1/s1. The molecule has 1 fully saturated rings. The number of hydrogen-bond donors (Lipinski definition) is 1. The molecular formula is C21H19F2N3O3. The van der Waals surface area contributed by atoms with E-state index in [1.165, 1.54) is 4.90 Å². The summed E-state index contributed by atoms with van der Waals surface area (Å²) in [5.74, 6) is -1.93. The fourth-order valence-electron chi connectivity index (χ4n) is 3.50. The molecule has 0 unspecified atom stereocenters. The summed E-state index contributed by atoms with van der Waals surface area (Å²) in [4.78, 5) is 33.8.